The van der Waals surface area contributed by atoms with Gasteiger partial charge in [0.2, 0.25) is 5.88 Å². The molecule has 0 radical (unpaired) electrons. The summed E-state index contributed by atoms with van der Waals surface area (Å²) < 4.78 is 4.50. The van der Waals surface area contributed by atoms with Crippen LogP contribution < -0.4 is 11.5 Å². The maximum absolute atomic E-state index is 5.26. The van der Waals surface area contributed by atoms with E-state index in [-0.39, 0.29) is 0 Å². The van der Waals surface area contributed by atoms with Crippen molar-refractivity contribution in [2.24, 2.45) is 0 Å². The van der Waals surface area contributed by atoms with Crippen molar-refractivity contribution in [3.63, 3.8) is 0 Å². The van der Waals surface area contributed by atoms with Crippen LogP contribution in [0.15, 0.2) is 4.52 Å². The number of rotatable bonds is 0. The summed E-state index contributed by atoms with van der Waals surface area (Å²) in [6.07, 6.45) is 0. The monoisotopic (exact) mass is 113 g/mol. The second kappa shape index (κ2) is 1.40. The number of aromatic nitrogens is 1. The smallest absolute Gasteiger partial charge is 0.227 e. The molecule has 44 valence electrons. The molecule has 1 heterocycles. The molecule has 0 aliphatic heterocycles. The summed E-state index contributed by atoms with van der Waals surface area (Å²) in [6.45, 7) is 1.75. The predicted octanol–water partition coefficient (Wildman–Crippen LogP) is 0.147. The molecule has 0 atom stereocenters. The number of anilines is 2. The van der Waals surface area contributed by atoms with Crippen LogP contribution in [0.5, 0.6) is 0 Å². The third kappa shape index (κ3) is 0.501. The van der Waals surface area contributed by atoms with Crippen LogP contribution in [0.1, 0.15) is 5.56 Å². The van der Waals surface area contributed by atoms with E-state index in [0.29, 0.717) is 17.3 Å². The van der Waals surface area contributed by atoms with Crippen LogP contribution in [0.3, 0.4) is 0 Å². The molecule has 1 rings (SSSR count). The first-order valence-electron chi connectivity index (χ1n) is 2.19. The molecule has 0 amide bonds. The van der Waals surface area contributed by atoms with Gasteiger partial charge in [0.1, 0.15) is 0 Å². The largest absolute Gasteiger partial charge is 0.381 e. The van der Waals surface area contributed by atoms with Crippen molar-refractivity contribution in [1.82, 2.24) is 5.16 Å². The average molecular weight is 113 g/mol. The van der Waals surface area contributed by atoms with E-state index in [1.807, 2.05) is 0 Å². The predicted molar refractivity (Wildman–Crippen MR) is 30.1 cm³/mol. The van der Waals surface area contributed by atoms with E-state index in [4.69, 9.17) is 11.5 Å². The van der Waals surface area contributed by atoms with E-state index < -0.39 is 0 Å². The Labute approximate surface area is 46.4 Å². The minimum atomic E-state index is 0.294. The SMILES string of the molecule is Cc1c(N)noc1N. The van der Waals surface area contributed by atoms with Gasteiger partial charge in [0.25, 0.3) is 0 Å². The first-order chi connectivity index (χ1) is 3.72. The molecule has 0 unspecified atom stereocenters. The Bertz CT molecular complexity index is 174. The van der Waals surface area contributed by atoms with Gasteiger partial charge >= 0.3 is 0 Å². The minimum Gasteiger partial charge on any atom is -0.381 e. The first kappa shape index (κ1) is 4.96. The van der Waals surface area contributed by atoms with Crippen LogP contribution in [0, 0.1) is 6.92 Å². The Balaban J connectivity index is 3.19. The summed E-state index contributed by atoms with van der Waals surface area (Å²) in [5, 5.41) is 3.39. The molecule has 0 aliphatic carbocycles. The van der Waals surface area contributed by atoms with Gasteiger partial charge < -0.3 is 16.0 Å². The lowest BCUT2D eigenvalue weighted by atomic mass is 10.4. The van der Waals surface area contributed by atoms with Gasteiger partial charge in [-0.1, -0.05) is 5.16 Å². The normalized spacial score (nSPS) is 9.62. The maximum Gasteiger partial charge on any atom is 0.227 e. The molecular weight excluding hydrogens is 106 g/mol. The second-order valence-corrected chi connectivity index (χ2v) is 1.56. The van der Waals surface area contributed by atoms with Crippen LogP contribution in [-0.2, 0) is 0 Å². The summed E-state index contributed by atoms with van der Waals surface area (Å²) >= 11 is 0. The van der Waals surface area contributed by atoms with Gasteiger partial charge in [0, 0.05) is 0 Å². The summed E-state index contributed by atoms with van der Waals surface area (Å²) in [5.74, 6) is 0.657. The van der Waals surface area contributed by atoms with Gasteiger partial charge in [-0.2, -0.15) is 0 Å². The Kier molecular flexibility index (Phi) is 0.865. The van der Waals surface area contributed by atoms with Gasteiger partial charge in [-0.25, -0.2) is 0 Å². The van der Waals surface area contributed by atoms with Crippen LogP contribution in [0.25, 0.3) is 0 Å². The van der Waals surface area contributed by atoms with Crippen LogP contribution in [0.2, 0.25) is 0 Å². The lowest BCUT2D eigenvalue weighted by Gasteiger charge is -1.80. The van der Waals surface area contributed by atoms with Crippen molar-refractivity contribution < 1.29 is 4.52 Å². The first-order valence-corrected chi connectivity index (χ1v) is 2.19. The third-order valence-corrected chi connectivity index (χ3v) is 0.996. The Hall–Kier alpha value is -1.19. The fraction of sp³-hybridized carbons (Fsp3) is 0.250. The lowest BCUT2D eigenvalue weighted by molar-refractivity contribution is 0.439. The van der Waals surface area contributed by atoms with Gasteiger partial charge in [-0.3, -0.25) is 0 Å². The van der Waals surface area contributed by atoms with Crippen molar-refractivity contribution in [2.45, 2.75) is 6.92 Å². The van der Waals surface area contributed by atoms with Gasteiger partial charge in [0.15, 0.2) is 5.82 Å². The molecule has 0 bridgehead atoms. The lowest BCUT2D eigenvalue weighted by Crippen LogP contribution is -1.87. The molecular formula is C4H7N3O. The zero-order valence-electron chi connectivity index (χ0n) is 4.51. The summed E-state index contributed by atoms with van der Waals surface area (Å²) in [7, 11) is 0. The highest BCUT2D eigenvalue weighted by molar-refractivity contribution is 5.49. The summed E-state index contributed by atoms with van der Waals surface area (Å²) in [5.41, 5.74) is 11.2. The zero-order chi connectivity index (χ0) is 6.15. The molecule has 0 spiro atoms. The Morgan fingerprint density at radius 3 is 2.25 bits per heavy atom. The number of nitrogens with zero attached hydrogens (tertiary/aromatic N) is 1. The fourth-order valence-electron chi connectivity index (χ4n) is 0.362. The highest BCUT2D eigenvalue weighted by atomic mass is 16.5. The molecule has 0 aromatic carbocycles. The molecule has 0 saturated carbocycles. The molecule has 1 aromatic rings. The van der Waals surface area contributed by atoms with Crippen molar-refractivity contribution in [3.05, 3.63) is 5.56 Å². The summed E-state index contributed by atoms with van der Waals surface area (Å²) in [4.78, 5) is 0. The van der Waals surface area contributed by atoms with Crippen LogP contribution in [-0.4, -0.2) is 5.16 Å². The zero-order valence-corrected chi connectivity index (χ0v) is 4.51. The maximum atomic E-state index is 5.26. The highest BCUT2D eigenvalue weighted by Crippen LogP contribution is 2.14. The van der Waals surface area contributed by atoms with Gasteiger partial charge in [0.05, 0.1) is 5.56 Å². The van der Waals surface area contributed by atoms with E-state index in [9.17, 15) is 0 Å². The van der Waals surface area contributed by atoms with Crippen molar-refractivity contribution >= 4 is 11.7 Å². The number of hydrogen-bond acceptors (Lipinski definition) is 4. The molecule has 0 fully saturated rings. The molecule has 0 aliphatic rings. The molecule has 4 N–H and O–H groups in total. The number of nitrogens with two attached hydrogens (primary N) is 2. The number of hydrogen-bond donors (Lipinski definition) is 2. The van der Waals surface area contributed by atoms with E-state index in [2.05, 4.69) is 9.68 Å². The van der Waals surface area contributed by atoms with E-state index in [1.165, 1.54) is 0 Å². The molecule has 1 aromatic heterocycles. The van der Waals surface area contributed by atoms with Gasteiger partial charge in [-0.05, 0) is 6.92 Å². The van der Waals surface area contributed by atoms with Crippen molar-refractivity contribution in [1.29, 1.82) is 0 Å². The van der Waals surface area contributed by atoms with Crippen molar-refractivity contribution in [2.75, 3.05) is 11.5 Å². The molecule has 4 nitrogen and oxygen atoms in total. The number of nitrogen functional groups attached to an aromatic ring is 2. The van der Waals surface area contributed by atoms with Crippen LogP contribution >= 0.6 is 0 Å². The Morgan fingerprint density at radius 2 is 2.12 bits per heavy atom. The van der Waals surface area contributed by atoms with E-state index >= 15 is 0 Å². The third-order valence-electron chi connectivity index (χ3n) is 0.996. The molecule has 4 heteroatoms. The fourth-order valence-corrected chi connectivity index (χ4v) is 0.362. The quantitative estimate of drug-likeness (QED) is 0.502. The molecule has 0 saturated heterocycles. The summed E-state index contributed by atoms with van der Waals surface area (Å²) in [6, 6.07) is 0. The molecule has 8 heavy (non-hydrogen) atoms. The van der Waals surface area contributed by atoms with E-state index in [0.717, 1.165) is 0 Å². The van der Waals surface area contributed by atoms with E-state index in [1.54, 1.807) is 6.92 Å². The Morgan fingerprint density at radius 1 is 1.50 bits per heavy atom. The highest BCUT2D eigenvalue weighted by Gasteiger charge is 2.01. The topological polar surface area (TPSA) is 78.1 Å². The van der Waals surface area contributed by atoms with Crippen LogP contribution in [0.4, 0.5) is 11.7 Å². The second-order valence-electron chi connectivity index (χ2n) is 1.56. The van der Waals surface area contributed by atoms with Gasteiger partial charge in [-0.15, -0.1) is 0 Å². The minimum absolute atomic E-state index is 0.294. The standard InChI is InChI=1S/C4H7N3O/c1-2-3(5)7-8-4(2)6/h6H2,1H3,(H2,5,7). The average Bonchev–Trinajstić information content (AvgIpc) is 1.98. The van der Waals surface area contributed by atoms with Crippen molar-refractivity contribution in [3.8, 4) is 0 Å².